The zero-order valence-corrected chi connectivity index (χ0v) is 10.1. The Bertz CT molecular complexity index is 600. The number of ether oxygens (including phenoxy) is 2. The van der Waals surface area contributed by atoms with Gasteiger partial charge in [0.05, 0.1) is 19.2 Å². The van der Waals surface area contributed by atoms with Crippen LogP contribution in [0.5, 0.6) is 5.75 Å². The number of hydrogen-bond acceptors (Lipinski definition) is 4. The number of carbonyl (C=O) groups excluding carboxylic acids is 2. The molecule has 1 N–H and O–H groups in total. The zero-order valence-electron chi connectivity index (χ0n) is 10.1. The smallest absolute Gasteiger partial charge is 0.379 e. The Morgan fingerprint density at radius 3 is 2.72 bits per heavy atom. The van der Waals surface area contributed by atoms with Crippen LogP contribution in [0.25, 0.3) is 10.9 Å². The molecule has 1 heterocycles. The summed E-state index contributed by atoms with van der Waals surface area (Å²) in [4.78, 5) is 26.3. The number of ketones is 1. The minimum atomic E-state index is -0.842. The highest BCUT2D eigenvalue weighted by Gasteiger charge is 2.21. The van der Waals surface area contributed by atoms with Crippen LogP contribution in [0.15, 0.2) is 24.4 Å². The number of methoxy groups -OCH3 is 1. The zero-order chi connectivity index (χ0) is 13.1. The van der Waals surface area contributed by atoms with Crippen LogP contribution < -0.4 is 4.74 Å². The van der Waals surface area contributed by atoms with Crippen molar-refractivity contribution in [2.75, 3.05) is 13.7 Å². The Labute approximate surface area is 104 Å². The average molecular weight is 247 g/mol. The first-order valence-electron chi connectivity index (χ1n) is 5.54. The van der Waals surface area contributed by atoms with Gasteiger partial charge < -0.3 is 14.5 Å². The third-order valence-corrected chi connectivity index (χ3v) is 2.61. The molecule has 5 heteroatoms. The molecule has 0 fully saturated rings. The second-order valence-electron chi connectivity index (χ2n) is 3.63. The minimum Gasteiger partial charge on any atom is -0.495 e. The molecule has 18 heavy (non-hydrogen) atoms. The molecule has 5 nitrogen and oxygen atoms in total. The van der Waals surface area contributed by atoms with Crippen molar-refractivity contribution >= 4 is 22.7 Å². The van der Waals surface area contributed by atoms with Gasteiger partial charge in [0.25, 0.3) is 5.78 Å². The number of Topliss-reactive ketones (excluding diaryl/α,β-unsaturated/α-hetero) is 1. The highest BCUT2D eigenvalue weighted by molar-refractivity contribution is 6.43. The Morgan fingerprint density at radius 2 is 2.06 bits per heavy atom. The van der Waals surface area contributed by atoms with E-state index >= 15 is 0 Å². The number of nitrogens with one attached hydrogen (secondary N) is 1. The summed E-state index contributed by atoms with van der Waals surface area (Å²) in [5, 5.41) is 0.646. The van der Waals surface area contributed by atoms with Crippen LogP contribution in [0.2, 0.25) is 0 Å². The van der Waals surface area contributed by atoms with E-state index in [2.05, 4.69) is 4.98 Å². The highest BCUT2D eigenvalue weighted by Crippen LogP contribution is 2.27. The number of carbonyl (C=O) groups is 2. The molecule has 0 bridgehead atoms. The first-order chi connectivity index (χ1) is 8.69. The molecule has 0 unspecified atom stereocenters. The molecule has 0 aliphatic carbocycles. The van der Waals surface area contributed by atoms with Gasteiger partial charge in [-0.2, -0.15) is 0 Å². The summed E-state index contributed by atoms with van der Waals surface area (Å²) in [6.07, 6.45) is 1.69. The number of hydrogen-bond donors (Lipinski definition) is 1. The maximum absolute atomic E-state index is 11.9. The van der Waals surface area contributed by atoms with E-state index in [-0.39, 0.29) is 6.61 Å². The summed E-state index contributed by atoms with van der Waals surface area (Å²) in [6, 6.07) is 4.93. The van der Waals surface area contributed by atoms with Gasteiger partial charge in [-0.15, -0.1) is 0 Å². The minimum absolute atomic E-state index is 0.178. The monoisotopic (exact) mass is 247 g/mol. The van der Waals surface area contributed by atoms with Crippen molar-refractivity contribution in [1.29, 1.82) is 0 Å². The van der Waals surface area contributed by atoms with Crippen molar-refractivity contribution in [1.82, 2.24) is 4.98 Å². The maximum Gasteiger partial charge on any atom is 0.379 e. The molecule has 2 rings (SSSR count). The Hall–Kier alpha value is -2.30. The fourth-order valence-electron chi connectivity index (χ4n) is 1.80. The van der Waals surface area contributed by atoms with Crippen LogP contribution in [0.3, 0.4) is 0 Å². The summed E-state index contributed by atoms with van der Waals surface area (Å²) in [7, 11) is 1.54. The van der Waals surface area contributed by atoms with Crippen LogP contribution in [0.1, 0.15) is 17.3 Å². The van der Waals surface area contributed by atoms with Crippen molar-refractivity contribution in [3.8, 4) is 5.75 Å². The highest BCUT2D eigenvalue weighted by atomic mass is 16.5. The summed E-state index contributed by atoms with van der Waals surface area (Å²) in [5.74, 6) is -0.871. The lowest BCUT2D eigenvalue weighted by molar-refractivity contribution is -0.137. The van der Waals surface area contributed by atoms with E-state index in [4.69, 9.17) is 9.47 Å². The van der Waals surface area contributed by atoms with Gasteiger partial charge in [0.15, 0.2) is 0 Å². The number of fused-ring (bicyclic) bond motifs is 1. The number of esters is 1. The van der Waals surface area contributed by atoms with Crippen molar-refractivity contribution in [3.63, 3.8) is 0 Å². The van der Waals surface area contributed by atoms with Crippen LogP contribution >= 0.6 is 0 Å². The number of aromatic amines is 1. The van der Waals surface area contributed by atoms with Gasteiger partial charge >= 0.3 is 5.97 Å². The lowest BCUT2D eigenvalue weighted by Gasteiger charge is -2.06. The second kappa shape index (κ2) is 4.91. The lowest BCUT2D eigenvalue weighted by Crippen LogP contribution is -2.17. The van der Waals surface area contributed by atoms with Gasteiger partial charge in [-0.3, -0.25) is 4.79 Å². The Kier molecular flexibility index (Phi) is 3.32. The molecular formula is C13H13NO4. The molecular weight excluding hydrogens is 234 g/mol. The summed E-state index contributed by atoms with van der Waals surface area (Å²) >= 11 is 0. The quantitative estimate of drug-likeness (QED) is 0.509. The normalized spacial score (nSPS) is 10.3. The molecule has 0 spiro atoms. The molecule has 0 aliphatic rings. The Morgan fingerprint density at radius 1 is 1.28 bits per heavy atom. The SMILES string of the molecule is CCOC(=O)C(=O)c1ccc(OC)c2[nH]ccc12. The third kappa shape index (κ3) is 1.95. The van der Waals surface area contributed by atoms with Gasteiger partial charge in [-0.1, -0.05) is 0 Å². The van der Waals surface area contributed by atoms with Gasteiger partial charge in [-0.05, 0) is 25.1 Å². The molecule has 0 amide bonds. The van der Waals surface area contributed by atoms with E-state index in [9.17, 15) is 9.59 Å². The second-order valence-corrected chi connectivity index (χ2v) is 3.63. The maximum atomic E-state index is 11.9. The van der Waals surface area contributed by atoms with Crippen LogP contribution in [0.4, 0.5) is 0 Å². The first-order valence-corrected chi connectivity index (χ1v) is 5.54. The van der Waals surface area contributed by atoms with Gasteiger partial charge in [0.2, 0.25) is 0 Å². The van der Waals surface area contributed by atoms with Crippen molar-refractivity contribution < 1.29 is 19.1 Å². The van der Waals surface area contributed by atoms with E-state index in [0.29, 0.717) is 22.2 Å². The Balaban J connectivity index is 2.49. The van der Waals surface area contributed by atoms with Crippen molar-refractivity contribution in [3.05, 3.63) is 30.0 Å². The van der Waals surface area contributed by atoms with Gasteiger partial charge in [0, 0.05) is 17.1 Å². The van der Waals surface area contributed by atoms with Gasteiger partial charge in [-0.25, -0.2) is 4.79 Å². The number of aromatic nitrogens is 1. The van der Waals surface area contributed by atoms with E-state index in [1.165, 1.54) is 0 Å². The van der Waals surface area contributed by atoms with E-state index in [1.807, 2.05) is 0 Å². The predicted molar refractivity (Wildman–Crippen MR) is 65.8 cm³/mol. The largest absolute Gasteiger partial charge is 0.495 e. The average Bonchev–Trinajstić information content (AvgIpc) is 2.86. The molecule has 1 aromatic carbocycles. The predicted octanol–water partition coefficient (Wildman–Crippen LogP) is 1.92. The van der Waals surface area contributed by atoms with Crippen LogP contribution in [-0.4, -0.2) is 30.5 Å². The molecule has 94 valence electrons. The van der Waals surface area contributed by atoms with Crippen LogP contribution in [0, 0.1) is 0 Å². The lowest BCUT2D eigenvalue weighted by atomic mass is 10.1. The number of benzene rings is 1. The fraction of sp³-hybridized carbons (Fsp3) is 0.231. The topological polar surface area (TPSA) is 68.4 Å². The number of rotatable bonds is 4. The summed E-state index contributed by atoms with van der Waals surface area (Å²) in [5.41, 5.74) is 0.998. The molecule has 0 saturated heterocycles. The summed E-state index contributed by atoms with van der Waals surface area (Å²) in [6.45, 7) is 1.84. The van der Waals surface area contributed by atoms with E-state index < -0.39 is 11.8 Å². The van der Waals surface area contributed by atoms with Crippen LogP contribution in [-0.2, 0) is 9.53 Å². The molecule has 2 aromatic rings. The summed E-state index contributed by atoms with van der Waals surface area (Å²) < 4.78 is 9.88. The number of H-pyrrole nitrogens is 1. The van der Waals surface area contributed by atoms with E-state index in [1.54, 1.807) is 38.4 Å². The third-order valence-electron chi connectivity index (χ3n) is 2.61. The molecule has 0 radical (unpaired) electrons. The van der Waals surface area contributed by atoms with E-state index in [0.717, 1.165) is 0 Å². The molecule has 0 atom stereocenters. The molecule has 0 aliphatic heterocycles. The molecule has 1 aromatic heterocycles. The van der Waals surface area contributed by atoms with Crippen molar-refractivity contribution in [2.45, 2.75) is 6.92 Å². The molecule has 0 saturated carbocycles. The van der Waals surface area contributed by atoms with Gasteiger partial charge in [0.1, 0.15) is 5.75 Å². The van der Waals surface area contributed by atoms with Crippen molar-refractivity contribution in [2.24, 2.45) is 0 Å². The first kappa shape index (κ1) is 12.2. The standard InChI is InChI=1S/C13H13NO4/c1-3-18-13(16)12(15)9-4-5-10(17-2)11-8(9)6-7-14-11/h4-7,14H,3H2,1-2H3. The fourth-order valence-corrected chi connectivity index (χ4v) is 1.80.